The molecule has 1 rings (SSSR count). The highest BCUT2D eigenvalue weighted by molar-refractivity contribution is 4.84. The maximum absolute atomic E-state index is 5.36. The van der Waals surface area contributed by atoms with Crippen molar-refractivity contribution in [3.63, 3.8) is 0 Å². The Balaban J connectivity index is 0.000001000. The van der Waals surface area contributed by atoms with Crippen LogP contribution in [0.25, 0.3) is 0 Å². The molecule has 0 bridgehead atoms. The Bertz CT molecular complexity index is 220. The predicted octanol–water partition coefficient (Wildman–Crippen LogP) is 2.27. The van der Waals surface area contributed by atoms with Crippen LogP contribution in [0.3, 0.4) is 0 Å². The second kappa shape index (κ2) is 3.07. The van der Waals surface area contributed by atoms with Crippen molar-refractivity contribution in [1.29, 1.82) is 0 Å². The minimum Gasteiger partial charge on any atom is -0.241 e. The number of hydrogen-bond acceptors (Lipinski definition) is 1. The molecule has 1 heterocycles. The van der Waals surface area contributed by atoms with Gasteiger partial charge >= 0.3 is 0 Å². The van der Waals surface area contributed by atoms with Crippen LogP contribution in [0.5, 0.6) is 0 Å². The van der Waals surface area contributed by atoms with Crippen LogP contribution >= 0.6 is 0 Å². The van der Waals surface area contributed by atoms with E-state index in [1.807, 2.05) is 23.9 Å². The molecule has 1 aromatic heterocycles. The van der Waals surface area contributed by atoms with Gasteiger partial charge in [0.2, 0.25) is 11.7 Å². The third kappa shape index (κ3) is 2.37. The SMILES string of the molecule is C.Cc1cc[n+](C(C)(C)C)o1. The molecule has 0 unspecified atom stereocenters. The van der Waals surface area contributed by atoms with Gasteiger partial charge in [-0.3, -0.25) is 0 Å². The van der Waals surface area contributed by atoms with E-state index in [1.165, 1.54) is 0 Å². The summed E-state index contributed by atoms with van der Waals surface area (Å²) in [6, 6.07) is 1.96. The quantitative estimate of drug-likeness (QED) is 0.527. The lowest BCUT2D eigenvalue weighted by Crippen LogP contribution is -2.48. The summed E-state index contributed by atoms with van der Waals surface area (Å²) in [6.45, 7) is 8.27. The molecule has 0 saturated carbocycles. The van der Waals surface area contributed by atoms with Crippen LogP contribution < -0.4 is 4.74 Å². The zero-order chi connectivity index (χ0) is 7.78. The Morgan fingerprint density at radius 2 is 1.91 bits per heavy atom. The van der Waals surface area contributed by atoms with E-state index in [9.17, 15) is 0 Å². The van der Waals surface area contributed by atoms with Gasteiger partial charge in [0, 0.05) is 27.7 Å². The number of aromatic nitrogens is 1. The summed E-state index contributed by atoms with van der Waals surface area (Å²) in [5.41, 5.74) is 0.0637. The van der Waals surface area contributed by atoms with E-state index in [-0.39, 0.29) is 13.0 Å². The van der Waals surface area contributed by atoms with E-state index < -0.39 is 0 Å². The molecule has 11 heavy (non-hydrogen) atoms. The van der Waals surface area contributed by atoms with Crippen LogP contribution in [0.1, 0.15) is 34.0 Å². The Morgan fingerprint density at radius 1 is 1.36 bits per heavy atom. The first-order valence-electron chi connectivity index (χ1n) is 3.49. The summed E-state index contributed by atoms with van der Waals surface area (Å²) in [5, 5.41) is 0. The van der Waals surface area contributed by atoms with E-state index >= 15 is 0 Å². The maximum Gasteiger partial charge on any atom is 0.220 e. The van der Waals surface area contributed by atoms with Gasteiger partial charge in [0.15, 0.2) is 5.76 Å². The lowest BCUT2D eigenvalue weighted by atomic mass is 10.1. The molecule has 0 aliphatic heterocycles. The molecule has 64 valence electrons. The van der Waals surface area contributed by atoms with E-state index in [4.69, 9.17) is 4.52 Å². The van der Waals surface area contributed by atoms with Crippen LogP contribution in [0, 0.1) is 6.92 Å². The Morgan fingerprint density at radius 3 is 2.09 bits per heavy atom. The Hall–Kier alpha value is -0.790. The number of hydrogen-bond donors (Lipinski definition) is 0. The van der Waals surface area contributed by atoms with Crippen LogP contribution in [0.15, 0.2) is 16.8 Å². The van der Waals surface area contributed by atoms with Gasteiger partial charge in [0.25, 0.3) is 0 Å². The van der Waals surface area contributed by atoms with E-state index in [2.05, 4.69) is 20.8 Å². The Labute approximate surface area is 68.8 Å². The highest BCUT2D eigenvalue weighted by atomic mass is 16.5. The summed E-state index contributed by atoms with van der Waals surface area (Å²) in [4.78, 5) is 0. The average Bonchev–Trinajstić information content (AvgIpc) is 2.11. The maximum atomic E-state index is 5.36. The third-order valence-electron chi connectivity index (χ3n) is 1.35. The molecular weight excluding hydrogens is 138 g/mol. The van der Waals surface area contributed by atoms with Gasteiger partial charge in [-0.2, -0.15) is 0 Å². The fourth-order valence-corrected chi connectivity index (χ4v) is 0.749. The molecule has 0 radical (unpaired) electrons. The fraction of sp³-hybridized carbons (Fsp3) is 0.667. The highest BCUT2D eigenvalue weighted by Gasteiger charge is 2.25. The number of rotatable bonds is 0. The molecule has 0 atom stereocenters. The van der Waals surface area contributed by atoms with Gasteiger partial charge in [-0.05, 0) is 4.74 Å². The van der Waals surface area contributed by atoms with Crippen LogP contribution in [-0.2, 0) is 5.54 Å². The molecule has 0 spiro atoms. The standard InChI is InChI=1S/C8H14NO.CH4/c1-7-5-6-9(10-7)8(2,3)4;/h5-6H,1-4H3;1H4/q+1;. The van der Waals surface area contributed by atoms with Gasteiger partial charge in [0.1, 0.15) is 0 Å². The first-order chi connectivity index (χ1) is 4.50. The van der Waals surface area contributed by atoms with Crippen molar-refractivity contribution in [3.8, 4) is 0 Å². The minimum atomic E-state index is 0. The smallest absolute Gasteiger partial charge is 0.220 e. The summed E-state index contributed by atoms with van der Waals surface area (Å²) in [7, 11) is 0. The van der Waals surface area contributed by atoms with Crippen molar-refractivity contribution >= 4 is 0 Å². The molecular formula is C9H18NO+. The van der Waals surface area contributed by atoms with Crippen molar-refractivity contribution in [2.24, 2.45) is 0 Å². The largest absolute Gasteiger partial charge is 0.241 e. The van der Waals surface area contributed by atoms with Crippen LogP contribution in [0.2, 0.25) is 0 Å². The van der Waals surface area contributed by atoms with Crippen molar-refractivity contribution in [2.75, 3.05) is 0 Å². The molecule has 0 aliphatic carbocycles. The van der Waals surface area contributed by atoms with Gasteiger partial charge < -0.3 is 0 Å². The normalized spacial score (nSPS) is 10.9. The number of nitrogens with zero attached hydrogens (tertiary/aromatic N) is 1. The predicted molar refractivity (Wildman–Crippen MR) is 45.4 cm³/mol. The van der Waals surface area contributed by atoms with Crippen molar-refractivity contribution in [3.05, 3.63) is 18.0 Å². The minimum absolute atomic E-state index is 0. The van der Waals surface area contributed by atoms with Gasteiger partial charge in [-0.25, -0.2) is 4.52 Å². The summed E-state index contributed by atoms with van der Waals surface area (Å²) in [6.07, 6.45) is 1.95. The summed E-state index contributed by atoms with van der Waals surface area (Å²) >= 11 is 0. The molecule has 2 nitrogen and oxygen atoms in total. The monoisotopic (exact) mass is 156 g/mol. The number of aryl methyl sites for hydroxylation is 1. The van der Waals surface area contributed by atoms with E-state index in [1.54, 1.807) is 0 Å². The average molecular weight is 156 g/mol. The molecule has 1 aromatic rings. The topological polar surface area (TPSA) is 17.0 Å². The molecule has 0 saturated heterocycles. The fourth-order valence-electron chi connectivity index (χ4n) is 0.749. The van der Waals surface area contributed by atoms with Gasteiger partial charge in [0.05, 0.1) is 6.07 Å². The van der Waals surface area contributed by atoms with E-state index in [0.717, 1.165) is 5.76 Å². The Kier molecular flexibility index (Phi) is 2.85. The van der Waals surface area contributed by atoms with Crippen LogP contribution in [-0.4, -0.2) is 0 Å². The van der Waals surface area contributed by atoms with Gasteiger partial charge in [-0.1, -0.05) is 7.43 Å². The highest BCUT2D eigenvalue weighted by Crippen LogP contribution is 2.04. The molecule has 2 heteroatoms. The van der Waals surface area contributed by atoms with E-state index in [0.29, 0.717) is 0 Å². The molecule has 0 aliphatic rings. The lowest BCUT2D eigenvalue weighted by molar-refractivity contribution is -0.907. The zero-order valence-electron chi connectivity index (χ0n) is 7.01. The molecule has 0 fully saturated rings. The second-order valence-corrected chi connectivity index (χ2v) is 3.51. The first-order valence-corrected chi connectivity index (χ1v) is 3.49. The zero-order valence-corrected chi connectivity index (χ0v) is 7.01. The first kappa shape index (κ1) is 10.2. The second-order valence-electron chi connectivity index (χ2n) is 3.51. The van der Waals surface area contributed by atoms with Crippen molar-refractivity contribution < 1.29 is 9.26 Å². The lowest BCUT2D eigenvalue weighted by Gasteiger charge is -2.05. The van der Waals surface area contributed by atoms with Crippen LogP contribution in [0.4, 0.5) is 0 Å². The summed E-state index contributed by atoms with van der Waals surface area (Å²) in [5.74, 6) is 0.954. The summed E-state index contributed by atoms with van der Waals surface area (Å²) < 4.78 is 7.21. The van der Waals surface area contributed by atoms with Crippen molar-refractivity contribution in [2.45, 2.75) is 40.7 Å². The molecule has 0 aromatic carbocycles. The molecule has 0 amide bonds. The third-order valence-corrected chi connectivity index (χ3v) is 1.35. The van der Waals surface area contributed by atoms with Crippen molar-refractivity contribution in [1.82, 2.24) is 0 Å². The van der Waals surface area contributed by atoms with Gasteiger partial charge in [-0.15, -0.1) is 0 Å². The molecule has 0 N–H and O–H groups in total.